The lowest BCUT2D eigenvalue weighted by molar-refractivity contribution is -0.118. The summed E-state index contributed by atoms with van der Waals surface area (Å²) in [5, 5.41) is 13.0. The summed E-state index contributed by atoms with van der Waals surface area (Å²) in [7, 11) is 0. The lowest BCUT2D eigenvalue weighted by atomic mass is 10.1. The van der Waals surface area contributed by atoms with Crippen molar-refractivity contribution in [2.75, 3.05) is 17.2 Å². The summed E-state index contributed by atoms with van der Waals surface area (Å²) in [4.78, 5) is 29.6. The largest absolute Gasteiger partial charge is 0.484 e. The second-order valence-electron chi connectivity index (χ2n) is 9.53. The fourth-order valence-electron chi connectivity index (χ4n) is 4.10. The van der Waals surface area contributed by atoms with Crippen molar-refractivity contribution in [3.05, 3.63) is 125 Å². The molecule has 2 amide bonds. The van der Waals surface area contributed by atoms with Crippen LogP contribution in [0.4, 0.5) is 16.5 Å². The Labute approximate surface area is 248 Å². The normalized spacial score (nSPS) is 10.8. The Morgan fingerprint density at radius 1 is 0.929 bits per heavy atom. The second kappa shape index (κ2) is 13.4. The van der Waals surface area contributed by atoms with Gasteiger partial charge in [0.2, 0.25) is 0 Å². The predicted molar refractivity (Wildman–Crippen MR) is 169 cm³/mol. The molecule has 0 saturated heterocycles. The van der Waals surface area contributed by atoms with Crippen LogP contribution in [0.2, 0.25) is 0 Å². The number of thiazole rings is 1. The maximum absolute atomic E-state index is 12.6. The number of ether oxygens (including phenoxy) is 1. The van der Waals surface area contributed by atoms with Crippen LogP contribution >= 0.6 is 11.3 Å². The lowest BCUT2D eigenvalue weighted by Crippen LogP contribution is -2.20. The first-order chi connectivity index (χ1) is 20.4. The molecule has 42 heavy (non-hydrogen) atoms. The molecular formula is C33H29N5O3S. The summed E-state index contributed by atoms with van der Waals surface area (Å²) in [5.74, 6) is -0.0721. The molecule has 5 aromatic rings. The molecule has 0 aliphatic heterocycles. The van der Waals surface area contributed by atoms with Crippen LogP contribution in [0.1, 0.15) is 27.0 Å². The number of anilines is 3. The van der Waals surface area contributed by atoms with E-state index >= 15 is 0 Å². The first kappa shape index (κ1) is 28.3. The highest BCUT2D eigenvalue weighted by molar-refractivity contribution is 7.14. The van der Waals surface area contributed by atoms with Gasteiger partial charge in [0, 0.05) is 27.9 Å². The molecule has 0 unspecified atom stereocenters. The summed E-state index contributed by atoms with van der Waals surface area (Å²) < 4.78 is 5.65. The molecule has 1 aromatic heterocycles. The van der Waals surface area contributed by atoms with Gasteiger partial charge in [0.15, 0.2) is 11.7 Å². The third kappa shape index (κ3) is 7.67. The van der Waals surface area contributed by atoms with Crippen LogP contribution in [0.5, 0.6) is 5.75 Å². The third-order valence-electron chi connectivity index (χ3n) is 6.24. The first-order valence-electron chi connectivity index (χ1n) is 13.2. The predicted octanol–water partition coefficient (Wildman–Crippen LogP) is 6.95. The summed E-state index contributed by atoms with van der Waals surface area (Å²) in [6, 6.07) is 30.0. The quantitative estimate of drug-likeness (QED) is 0.123. The van der Waals surface area contributed by atoms with Crippen molar-refractivity contribution in [2.45, 2.75) is 13.8 Å². The molecule has 0 radical (unpaired) electrons. The second-order valence-corrected chi connectivity index (χ2v) is 10.4. The molecule has 1 heterocycles. The number of benzene rings is 4. The molecule has 0 atom stereocenters. The van der Waals surface area contributed by atoms with E-state index in [1.165, 1.54) is 17.6 Å². The smallest absolute Gasteiger partial charge is 0.271 e. The fourth-order valence-corrected chi connectivity index (χ4v) is 4.84. The number of carbonyl (C=O) groups excluding carboxylic acids is 2. The van der Waals surface area contributed by atoms with Crippen LogP contribution in [0.3, 0.4) is 0 Å². The standard InChI is InChI=1S/C33H29N5O3S/c1-22-11-16-29(23(2)17-22)36-31(39)20-41-28-10-6-7-24(18-28)19-34-38-32(40)26-14-12-25(13-15-26)30-21-42-33(37-30)35-27-8-4-3-5-9-27/h3-19,21H,20H2,1-2H3,(H,35,37)(H,36,39)(H,38,40)/b34-19+. The molecule has 0 spiro atoms. The van der Waals surface area contributed by atoms with Crippen LogP contribution in [0.25, 0.3) is 11.3 Å². The van der Waals surface area contributed by atoms with Gasteiger partial charge in [0.05, 0.1) is 11.9 Å². The van der Waals surface area contributed by atoms with E-state index in [4.69, 9.17) is 4.74 Å². The average molecular weight is 576 g/mol. The van der Waals surface area contributed by atoms with Gasteiger partial charge >= 0.3 is 0 Å². The maximum Gasteiger partial charge on any atom is 0.271 e. The number of hydrogen-bond donors (Lipinski definition) is 3. The van der Waals surface area contributed by atoms with Crippen molar-refractivity contribution < 1.29 is 14.3 Å². The number of amides is 2. The minimum absolute atomic E-state index is 0.133. The number of nitrogens with zero attached hydrogens (tertiary/aromatic N) is 2. The Morgan fingerprint density at radius 2 is 1.74 bits per heavy atom. The molecule has 0 aliphatic carbocycles. The topological polar surface area (TPSA) is 105 Å². The third-order valence-corrected chi connectivity index (χ3v) is 6.99. The highest BCUT2D eigenvalue weighted by Crippen LogP contribution is 2.27. The summed E-state index contributed by atoms with van der Waals surface area (Å²) >= 11 is 1.52. The van der Waals surface area contributed by atoms with E-state index in [1.54, 1.807) is 30.3 Å². The van der Waals surface area contributed by atoms with Gasteiger partial charge in [0.25, 0.3) is 11.8 Å². The fraction of sp³-hybridized carbons (Fsp3) is 0.0909. The van der Waals surface area contributed by atoms with E-state index in [0.29, 0.717) is 16.9 Å². The molecule has 9 heteroatoms. The molecule has 3 N–H and O–H groups in total. The van der Waals surface area contributed by atoms with Crippen molar-refractivity contribution in [3.8, 4) is 17.0 Å². The first-order valence-corrected chi connectivity index (χ1v) is 14.1. The van der Waals surface area contributed by atoms with Gasteiger partial charge in [-0.3, -0.25) is 9.59 Å². The maximum atomic E-state index is 12.6. The Morgan fingerprint density at radius 3 is 2.52 bits per heavy atom. The van der Waals surface area contributed by atoms with E-state index in [0.717, 1.165) is 38.9 Å². The molecule has 210 valence electrons. The van der Waals surface area contributed by atoms with E-state index < -0.39 is 0 Å². The van der Waals surface area contributed by atoms with Crippen LogP contribution in [0.15, 0.2) is 108 Å². The number of nitrogens with one attached hydrogen (secondary N) is 3. The van der Waals surface area contributed by atoms with Gasteiger partial charge in [-0.25, -0.2) is 10.4 Å². The van der Waals surface area contributed by atoms with Crippen molar-refractivity contribution >= 4 is 45.9 Å². The van der Waals surface area contributed by atoms with E-state index in [1.807, 2.05) is 86.0 Å². The average Bonchev–Trinajstić information content (AvgIpc) is 3.47. The van der Waals surface area contributed by atoms with Crippen molar-refractivity contribution in [2.24, 2.45) is 5.10 Å². The van der Waals surface area contributed by atoms with Crippen molar-refractivity contribution in [3.63, 3.8) is 0 Å². The number of rotatable bonds is 10. The highest BCUT2D eigenvalue weighted by atomic mass is 32.1. The van der Waals surface area contributed by atoms with Gasteiger partial charge < -0.3 is 15.4 Å². The molecule has 4 aromatic carbocycles. The molecule has 8 nitrogen and oxygen atoms in total. The SMILES string of the molecule is Cc1ccc(NC(=O)COc2cccc(/C=N/NC(=O)c3ccc(-c4csc(Nc5ccccc5)n4)cc3)c2)c(C)c1. The zero-order valence-corrected chi connectivity index (χ0v) is 23.9. The monoisotopic (exact) mass is 575 g/mol. The highest BCUT2D eigenvalue weighted by Gasteiger charge is 2.09. The van der Waals surface area contributed by atoms with Gasteiger partial charge in [-0.1, -0.05) is 60.2 Å². The van der Waals surface area contributed by atoms with Crippen LogP contribution in [-0.2, 0) is 4.79 Å². The molecular weight excluding hydrogens is 546 g/mol. The minimum Gasteiger partial charge on any atom is -0.484 e. The number of hydrogen-bond acceptors (Lipinski definition) is 7. The van der Waals surface area contributed by atoms with Gasteiger partial charge in [0.1, 0.15) is 5.75 Å². The summed E-state index contributed by atoms with van der Waals surface area (Å²) in [6.45, 7) is 3.82. The van der Waals surface area contributed by atoms with Crippen LogP contribution in [-0.4, -0.2) is 29.6 Å². The Hall–Kier alpha value is -5.28. The molecule has 0 fully saturated rings. The van der Waals surface area contributed by atoms with Crippen LogP contribution in [0, 0.1) is 13.8 Å². The zero-order chi connectivity index (χ0) is 29.3. The number of carbonyl (C=O) groups is 2. The van der Waals surface area contributed by atoms with Gasteiger partial charge in [-0.2, -0.15) is 5.10 Å². The Kier molecular flexibility index (Phi) is 9.00. The lowest BCUT2D eigenvalue weighted by Gasteiger charge is -2.10. The van der Waals surface area contributed by atoms with E-state index in [-0.39, 0.29) is 18.4 Å². The van der Waals surface area contributed by atoms with Crippen LogP contribution < -0.4 is 20.8 Å². The summed E-state index contributed by atoms with van der Waals surface area (Å²) in [6.07, 6.45) is 1.52. The number of aryl methyl sites for hydroxylation is 2. The number of para-hydroxylation sites is 1. The molecule has 5 rings (SSSR count). The van der Waals surface area contributed by atoms with Crippen molar-refractivity contribution in [1.29, 1.82) is 0 Å². The number of hydrazone groups is 1. The number of aromatic nitrogens is 1. The minimum atomic E-state index is -0.335. The molecule has 0 aliphatic rings. The molecule has 0 bridgehead atoms. The van der Waals surface area contributed by atoms with Gasteiger partial charge in [-0.05, 0) is 67.4 Å². The zero-order valence-electron chi connectivity index (χ0n) is 23.1. The van der Waals surface area contributed by atoms with Crippen molar-refractivity contribution in [1.82, 2.24) is 10.4 Å². The molecule has 0 saturated carbocycles. The summed E-state index contributed by atoms with van der Waals surface area (Å²) in [5.41, 5.74) is 9.32. The Balaban J connectivity index is 1.11. The van der Waals surface area contributed by atoms with E-state index in [9.17, 15) is 9.59 Å². The van der Waals surface area contributed by atoms with Gasteiger partial charge in [-0.15, -0.1) is 11.3 Å². The Bertz CT molecular complexity index is 1720. The van der Waals surface area contributed by atoms with E-state index in [2.05, 4.69) is 26.1 Å².